The van der Waals surface area contributed by atoms with Crippen molar-refractivity contribution in [2.45, 2.75) is 6.92 Å². The maximum atomic E-state index is 12.5. The highest BCUT2D eigenvalue weighted by Gasteiger charge is 2.36. The molecule has 0 aliphatic carbocycles. The number of carboxylic acid groups (broad SMARTS) is 1. The maximum absolute atomic E-state index is 12.5. The zero-order chi connectivity index (χ0) is 21.1. The lowest BCUT2D eigenvalue weighted by Gasteiger charge is -2.13. The van der Waals surface area contributed by atoms with Crippen LogP contribution in [0.5, 0.6) is 0 Å². The van der Waals surface area contributed by atoms with Crippen LogP contribution in [0.2, 0.25) is 5.02 Å². The molecule has 0 spiro atoms. The molecule has 9 heteroatoms. The van der Waals surface area contributed by atoms with Crippen molar-refractivity contribution in [2.75, 3.05) is 11.9 Å². The number of thioether (sulfide) groups is 1. The van der Waals surface area contributed by atoms with Crippen molar-refractivity contribution in [3.63, 3.8) is 0 Å². The predicted octanol–water partition coefficient (Wildman–Crippen LogP) is 2.69. The molecule has 3 amide bonds. The minimum absolute atomic E-state index is 0.00290. The van der Waals surface area contributed by atoms with E-state index in [0.29, 0.717) is 28.0 Å². The van der Waals surface area contributed by atoms with Gasteiger partial charge in [0.05, 0.1) is 10.9 Å². The summed E-state index contributed by atoms with van der Waals surface area (Å²) in [6, 6.07) is 10.7. The van der Waals surface area contributed by atoms with E-state index in [-0.39, 0.29) is 10.5 Å². The summed E-state index contributed by atoms with van der Waals surface area (Å²) in [4.78, 5) is 48.6. The molecule has 1 aliphatic rings. The number of benzene rings is 2. The molecule has 0 aromatic heterocycles. The molecule has 0 saturated carbocycles. The van der Waals surface area contributed by atoms with Gasteiger partial charge in [-0.2, -0.15) is 0 Å². The van der Waals surface area contributed by atoms with E-state index in [0.717, 1.165) is 10.5 Å². The van der Waals surface area contributed by atoms with Crippen LogP contribution in [-0.4, -0.2) is 34.5 Å². The first-order chi connectivity index (χ1) is 13.7. The van der Waals surface area contributed by atoms with Crippen molar-refractivity contribution in [1.82, 2.24) is 4.90 Å². The fourth-order valence-electron chi connectivity index (χ4n) is 2.52. The first-order valence-corrected chi connectivity index (χ1v) is 9.57. The Morgan fingerprint density at radius 2 is 1.86 bits per heavy atom. The number of carbonyl (C=O) groups is 4. The molecule has 1 heterocycles. The number of nitrogens with one attached hydrogen (secondary N) is 1. The van der Waals surface area contributed by atoms with E-state index < -0.39 is 29.6 Å². The number of halogens is 1. The van der Waals surface area contributed by atoms with Crippen LogP contribution in [0, 0.1) is 6.92 Å². The van der Waals surface area contributed by atoms with Gasteiger partial charge in [-0.1, -0.05) is 41.9 Å². The molecular weight excluding hydrogens is 416 g/mol. The summed E-state index contributed by atoms with van der Waals surface area (Å²) in [5.74, 6) is -2.44. The third kappa shape index (κ3) is 4.85. The second-order valence-electron chi connectivity index (χ2n) is 6.19. The van der Waals surface area contributed by atoms with E-state index in [1.165, 1.54) is 30.3 Å². The molecule has 0 bridgehead atoms. The fraction of sp³-hybridized carbons (Fsp3) is 0.100. The molecular formula is C20H14ClN2O5S-. The molecule has 1 N–H and O–H groups in total. The Hall–Kier alpha value is -3.10. The molecule has 1 saturated heterocycles. The van der Waals surface area contributed by atoms with E-state index in [2.05, 4.69) is 5.32 Å². The lowest BCUT2D eigenvalue weighted by Crippen LogP contribution is -2.36. The second kappa shape index (κ2) is 8.50. The number of hydrogen-bond acceptors (Lipinski definition) is 6. The van der Waals surface area contributed by atoms with Crippen LogP contribution in [0.3, 0.4) is 0 Å². The highest BCUT2D eigenvalue weighted by molar-refractivity contribution is 8.18. The zero-order valence-corrected chi connectivity index (χ0v) is 16.7. The normalized spacial score (nSPS) is 15.1. The fourth-order valence-corrected chi connectivity index (χ4v) is 3.54. The lowest BCUT2D eigenvalue weighted by molar-refractivity contribution is -0.255. The number of carboxylic acids is 1. The van der Waals surface area contributed by atoms with Crippen molar-refractivity contribution in [3.05, 3.63) is 69.1 Å². The van der Waals surface area contributed by atoms with Crippen LogP contribution >= 0.6 is 23.4 Å². The highest BCUT2D eigenvalue weighted by atomic mass is 35.5. The molecule has 3 rings (SSSR count). The number of aromatic carboxylic acids is 1. The van der Waals surface area contributed by atoms with Crippen LogP contribution in [0.4, 0.5) is 10.5 Å². The Bertz CT molecular complexity index is 1050. The molecule has 148 valence electrons. The summed E-state index contributed by atoms with van der Waals surface area (Å²) in [6.07, 6.45) is 1.46. The molecule has 29 heavy (non-hydrogen) atoms. The molecule has 2 aromatic rings. The lowest BCUT2D eigenvalue weighted by atomic mass is 10.1. The van der Waals surface area contributed by atoms with Gasteiger partial charge in [-0.3, -0.25) is 19.3 Å². The van der Waals surface area contributed by atoms with Crippen molar-refractivity contribution < 1.29 is 24.3 Å². The van der Waals surface area contributed by atoms with Crippen molar-refractivity contribution >= 4 is 58.1 Å². The van der Waals surface area contributed by atoms with E-state index in [4.69, 9.17) is 11.6 Å². The number of imide groups is 1. The zero-order valence-electron chi connectivity index (χ0n) is 15.1. The Morgan fingerprint density at radius 1 is 1.17 bits per heavy atom. The van der Waals surface area contributed by atoms with Gasteiger partial charge < -0.3 is 15.2 Å². The summed E-state index contributed by atoms with van der Waals surface area (Å²) in [5.41, 5.74) is 1.86. The molecule has 0 atom stereocenters. The number of amides is 3. The quantitative estimate of drug-likeness (QED) is 0.732. The summed E-state index contributed by atoms with van der Waals surface area (Å²) in [5, 5.41) is 13.3. The van der Waals surface area contributed by atoms with Crippen LogP contribution in [0.1, 0.15) is 21.5 Å². The number of hydrogen-bond donors (Lipinski definition) is 1. The van der Waals surface area contributed by atoms with E-state index >= 15 is 0 Å². The predicted molar refractivity (Wildman–Crippen MR) is 108 cm³/mol. The first kappa shape index (κ1) is 20.6. The highest BCUT2D eigenvalue weighted by Crippen LogP contribution is 2.32. The standard InChI is InChI=1S/C20H15ClN2O5S/c1-11-2-7-14(9-15(11)21)22-17(24)10-23-18(25)16(29-20(23)28)8-12-3-5-13(6-4-12)19(26)27/h2-9H,10H2,1H3,(H,22,24)(H,26,27)/p-1/b16-8+. The molecule has 0 radical (unpaired) electrons. The second-order valence-corrected chi connectivity index (χ2v) is 7.59. The van der Waals surface area contributed by atoms with E-state index in [1.54, 1.807) is 18.2 Å². The van der Waals surface area contributed by atoms with Gasteiger partial charge in [-0.15, -0.1) is 0 Å². The van der Waals surface area contributed by atoms with Crippen LogP contribution < -0.4 is 10.4 Å². The molecule has 0 unspecified atom stereocenters. The Balaban J connectivity index is 1.68. The number of anilines is 1. The monoisotopic (exact) mass is 429 g/mol. The number of aryl methyl sites for hydroxylation is 1. The third-order valence-corrected chi connectivity index (χ3v) is 5.39. The van der Waals surface area contributed by atoms with Crippen LogP contribution in [-0.2, 0) is 9.59 Å². The maximum Gasteiger partial charge on any atom is 0.294 e. The first-order valence-electron chi connectivity index (χ1n) is 8.37. The molecule has 1 aliphatic heterocycles. The minimum atomic E-state index is -1.31. The van der Waals surface area contributed by atoms with Gasteiger partial charge in [0.25, 0.3) is 11.1 Å². The van der Waals surface area contributed by atoms with Gasteiger partial charge in [0, 0.05) is 10.7 Å². The van der Waals surface area contributed by atoms with Crippen LogP contribution in [0.15, 0.2) is 47.4 Å². The smallest absolute Gasteiger partial charge is 0.294 e. The average Bonchev–Trinajstić information content (AvgIpc) is 2.92. The third-order valence-electron chi connectivity index (χ3n) is 4.08. The van der Waals surface area contributed by atoms with Gasteiger partial charge in [0.1, 0.15) is 6.54 Å². The largest absolute Gasteiger partial charge is 0.545 e. The van der Waals surface area contributed by atoms with Crippen LogP contribution in [0.25, 0.3) is 6.08 Å². The summed E-state index contributed by atoms with van der Waals surface area (Å²) in [7, 11) is 0. The van der Waals surface area contributed by atoms with Crippen molar-refractivity contribution in [1.29, 1.82) is 0 Å². The Morgan fingerprint density at radius 3 is 2.48 bits per heavy atom. The topological polar surface area (TPSA) is 107 Å². The summed E-state index contributed by atoms with van der Waals surface area (Å²) >= 11 is 6.73. The summed E-state index contributed by atoms with van der Waals surface area (Å²) < 4.78 is 0. The van der Waals surface area contributed by atoms with Crippen molar-refractivity contribution in [3.8, 4) is 0 Å². The van der Waals surface area contributed by atoms with Gasteiger partial charge >= 0.3 is 0 Å². The number of rotatable bonds is 5. The molecule has 1 fully saturated rings. The SMILES string of the molecule is Cc1ccc(NC(=O)CN2C(=O)S/C(=C/c3ccc(C(=O)[O-])cc3)C2=O)cc1Cl. The number of nitrogens with zero attached hydrogens (tertiary/aromatic N) is 1. The Labute approximate surface area is 175 Å². The molecule has 7 nitrogen and oxygen atoms in total. The Kier molecular flexibility index (Phi) is 6.05. The van der Waals surface area contributed by atoms with Gasteiger partial charge in [-0.05, 0) is 53.6 Å². The van der Waals surface area contributed by atoms with Gasteiger partial charge in [0.15, 0.2) is 0 Å². The van der Waals surface area contributed by atoms with E-state index in [9.17, 15) is 24.3 Å². The van der Waals surface area contributed by atoms with Gasteiger partial charge in [0.2, 0.25) is 5.91 Å². The number of carbonyl (C=O) groups excluding carboxylic acids is 4. The minimum Gasteiger partial charge on any atom is -0.545 e. The van der Waals surface area contributed by atoms with E-state index in [1.807, 2.05) is 6.92 Å². The average molecular weight is 430 g/mol. The molecule has 2 aromatic carbocycles. The summed E-state index contributed by atoms with van der Waals surface area (Å²) in [6.45, 7) is 1.39. The van der Waals surface area contributed by atoms with Crippen molar-refractivity contribution in [2.24, 2.45) is 0 Å². The van der Waals surface area contributed by atoms with Gasteiger partial charge in [-0.25, -0.2) is 0 Å².